The summed E-state index contributed by atoms with van der Waals surface area (Å²) in [4.78, 5) is 12.8. The van der Waals surface area contributed by atoms with Crippen molar-refractivity contribution in [2.45, 2.75) is 19.4 Å². The van der Waals surface area contributed by atoms with Crippen molar-refractivity contribution >= 4 is 17.9 Å². The zero-order valence-electron chi connectivity index (χ0n) is 14.8. The summed E-state index contributed by atoms with van der Waals surface area (Å²) in [5, 5.41) is 12.2. The molecule has 0 bridgehead atoms. The molecule has 0 aromatic heterocycles. The predicted octanol–water partition coefficient (Wildman–Crippen LogP) is 3.19. The van der Waals surface area contributed by atoms with Crippen molar-refractivity contribution in [1.29, 1.82) is 0 Å². The van der Waals surface area contributed by atoms with E-state index >= 15 is 0 Å². The first kappa shape index (κ1) is 17.7. The molecule has 1 aliphatic rings. The van der Waals surface area contributed by atoms with Crippen LogP contribution in [-0.2, 0) is 16.0 Å². The van der Waals surface area contributed by atoms with Crippen LogP contribution in [0.1, 0.15) is 18.1 Å². The summed E-state index contributed by atoms with van der Waals surface area (Å²) in [6.07, 6.45) is 3.38. The van der Waals surface area contributed by atoms with Crippen molar-refractivity contribution in [3.63, 3.8) is 0 Å². The van der Waals surface area contributed by atoms with E-state index in [1.54, 1.807) is 19.2 Å². The largest absolute Gasteiger partial charge is 0.506 e. The summed E-state index contributed by atoms with van der Waals surface area (Å²) >= 11 is 0. The van der Waals surface area contributed by atoms with E-state index < -0.39 is 0 Å². The summed E-state index contributed by atoms with van der Waals surface area (Å²) in [5.41, 5.74) is 2.38. The van der Waals surface area contributed by atoms with Gasteiger partial charge in [-0.05, 0) is 49.2 Å². The smallest absolute Gasteiger partial charge is 0.211 e. The molecule has 0 saturated carbocycles. The average molecular weight is 354 g/mol. The van der Waals surface area contributed by atoms with E-state index in [0.717, 1.165) is 17.7 Å². The van der Waals surface area contributed by atoms with Crippen LogP contribution in [0.2, 0.25) is 0 Å². The van der Waals surface area contributed by atoms with Crippen molar-refractivity contribution < 1.29 is 19.4 Å². The van der Waals surface area contributed by atoms with Crippen molar-refractivity contribution in [2.75, 3.05) is 19.2 Å². The lowest BCUT2D eigenvalue weighted by Crippen LogP contribution is -2.28. The van der Waals surface area contributed by atoms with E-state index in [1.165, 1.54) is 11.6 Å². The Morgan fingerprint density at radius 1 is 1.31 bits per heavy atom. The molecule has 3 rings (SSSR count). The molecule has 0 spiro atoms. The fraction of sp³-hybridized carbons (Fsp3) is 0.250. The van der Waals surface area contributed by atoms with Gasteiger partial charge in [0.1, 0.15) is 17.3 Å². The molecule has 1 atom stereocenters. The van der Waals surface area contributed by atoms with Gasteiger partial charge in [-0.2, -0.15) is 0 Å². The molecule has 0 saturated heterocycles. The molecular formula is C20H22N2O4. The number of phenolic OH excluding ortho intramolecular Hbond substituents is 1. The van der Waals surface area contributed by atoms with Gasteiger partial charge in [-0.3, -0.25) is 4.79 Å². The highest BCUT2D eigenvalue weighted by Gasteiger charge is 2.20. The van der Waals surface area contributed by atoms with Gasteiger partial charge in [0.25, 0.3) is 0 Å². The van der Waals surface area contributed by atoms with E-state index in [9.17, 15) is 9.90 Å². The summed E-state index contributed by atoms with van der Waals surface area (Å²) in [6, 6.07) is 13.3. The molecule has 2 aromatic carbocycles. The number of ether oxygens (including phenoxy) is 2. The van der Waals surface area contributed by atoms with E-state index in [0.29, 0.717) is 24.6 Å². The Morgan fingerprint density at radius 3 is 2.77 bits per heavy atom. The second kappa shape index (κ2) is 7.82. The predicted molar refractivity (Wildman–Crippen MR) is 99.7 cm³/mol. The molecule has 1 aliphatic heterocycles. The number of carbonyl (C=O) groups excluding carboxylic acids is 1. The normalized spacial score (nSPS) is 14.4. The average Bonchev–Trinajstić information content (AvgIpc) is 3.15. The Kier molecular flexibility index (Phi) is 5.31. The molecule has 26 heavy (non-hydrogen) atoms. The lowest BCUT2D eigenvalue weighted by atomic mass is 10.1. The zero-order valence-corrected chi connectivity index (χ0v) is 14.8. The van der Waals surface area contributed by atoms with Crippen LogP contribution >= 0.6 is 0 Å². The Labute approximate surface area is 152 Å². The zero-order chi connectivity index (χ0) is 18.5. The van der Waals surface area contributed by atoms with Crippen LogP contribution in [0.5, 0.6) is 11.5 Å². The number of phenols is 1. The van der Waals surface area contributed by atoms with Crippen LogP contribution < -0.4 is 10.1 Å². The number of rotatable bonds is 7. The maximum Gasteiger partial charge on any atom is 0.211 e. The SMILES string of the molecule is COc1ccc(C[C@H](C)N2C=C(c3ccc(O)c(NC=O)c3)OC2)cc1. The molecule has 2 N–H and O–H groups in total. The van der Waals surface area contributed by atoms with Crippen molar-refractivity contribution in [3.8, 4) is 11.5 Å². The van der Waals surface area contributed by atoms with Crippen LogP contribution in [-0.4, -0.2) is 36.3 Å². The van der Waals surface area contributed by atoms with Gasteiger partial charge in [0.2, 0.25) is 6.41 Å². The second-order valence-electron chi connectivity index (χ2n) is 6.18. The molecule has 0 fully saturated rings. The van der Waals surface area contributed by atoms with Gasteiger partial charge < -0.3 is 24.8 Å². The van der Waals surface area contributed by atoms with Crippen molar-refractivity contribution in [2.24, 2.45) is 0 Å². The number of hydrogen-bond acceptors (Lipinski definition) is 5. The molecule has 0 radical (unpaired) electrons. The molecular weight excluding hydrogens is 332 g/mol. The minimum absolute atomic E-state index is 0.0178. The highest BCUT2D eigenvalue weighted by molar-refractivity contribution is 5.78. The Bertz CT molecular complexity index is 802. The number of benzene rings is 2. The number of carbonyl (C=O) groups is 1. The van der Waals surface area contributed by atoms with Crippen molar-refractivity contribution in [1.82, 2.24) is 4.90 Å². The lowest BCUT2D eigenvalue weighted by Gasteiger charge is -2.22. The third-order valence-electron chi connectivity index (χ3n) is 4.40. The molecule has 1 heterocycles. The molecule has 6 nitrogen and oxygen atoms in total. The van der Waals surface area contributed by atoms with Gasteiger partial charge in [0.05, 0.1) is 12.8 Å². The van der Waals surface area contributed by atoms with E-state index in [1.807, 2.05) is 18.3 Å². The molecule has 1 amide bonds. The Hall–Kier alpha value is -3.15. The van der Waals surface area contributed by atoms with E-state index in [-0.39, 0.29) is 11.8 Å². The topological polar surface area (TPSA) is 71.0 Å². The fourth-order valence-corrected chi connectivity index (χ4v) is 2.87. The number of methoxy groups -OCH3 is 1. The van der Waals surface area contributed by atoms with Crippen LogP contribution in [0.25, 0.3) is 5.76 Å². The highest BCUT2D eigenvalue weighted by Crippen LogP contribution is 2.30. The first-order valence-electron chi connectivity index (χ1n) is 8.37. The first-order valence-corrected chi connectivity index (χ1v) is 8.37. The van der Waals surface area contributed by atoms with E-state index in [4.69, 9.17) is 9.47 Å². The van der Waals surface area contributed by atoms with Gasteiger partial charge >= 0.3 is 0 Å². The summed E-state index contributed by atoms with van der Waals surface area (Å²) in [6.45, 7) is 2.60. The number of amides is 1. The minimum Gasteiger partial charge on any atom is -0.506 e. The fourth-order valence-electron chi connectivity index (χ4n) is 2.87. The highest BCUT2D eigenvalue weighted by atomic mass is 16.5. The molecule has 136 valence electrons. The van der Waals surface area contributed by atoms with Crippen LogP contribution in [0.4, 0.5) is 5.69 Å². The summed E-state index contributed by atoms with van der Waals surface area (Å²) in [5.74, 6) is 1.57. The van der Waals surface area contributed by atoms with Crippen LogP contribution in [0.15, 0.2) is 48.7 Å². The van der Waals surface area contributed by atoms with Gasteiger partial charge in [-0.15, -0.1) is 0 Å². The van der Waals surface area contributed by atoms with Gasteiger partial charge in [0.15, 0.2) is 6.73 Å². The second-order valence-corrected chi connectivity index (χ2v) is 6.18. The maximum atomic E-state index is 10.6. The van der Waals surface area contributed by atoms with Crippen molar-refractivity contribution in [3.05, 3.63) is 59.8 Å². The Morgan fingerprint density at radius 2 is 2.08 bits per heavy atom. The number of nitrogens with zero attached hydrogens (tertiary/aromatic N) is 1. The number of hydrogen-bond donors (Lipinski definition) is 2. The van der Waals surface area contributed by atoms with Gasteiger partial charge in [-0.25, -0.2) is 0 Å². The number of aromatic hydroxyl groups is 1. The minimum atomic E-state index is 0.0178. The van der Waals surface area contributed by atoms with Gasteiger partial charge in [0, 0.05) is 17.8 Å². The molecule has 0 unspecified atom stereocenters. The third-order valence-corrected chi connectivity index (χ3v) is 4.40. The first-order chi connectivity index (χ1) is 12.6. The standard InChI is InChI=1S/C20H22N2O4/c1-14(9-15-3-6-17(25-2)7-4-15)22-11-20(26-13-22)16-5-8-19(24)18(10-16)21-12-23/h3-8,10-12,14,24H,9,13H2,1-2H3,(H,21,23)/t14-/m0/s1. The number of anilines is 1. The molecule has 2 aromatic rings. The monoisotopic (exact) mass is 354 g/mol. The molecule has 0 aliphatic carbocycles. The number of nitrogens with one attached hydrogen (secondary N) is 1. The maximum absolute atomic E-state index is 10.6. The molecule has 6 heteroatoms. The summed E-state index contributed by atoms with van der Waals surface area (Å²) in [7, 11) is 1.66. The Balaban J connectivity index is 1.70. The van der Waals surface area contributed by atoms with Gasteiger partial charge in [-0.1, -0.05) is 12.1 Å². The third kappa shape index (κ3) is 3.91. The van der Waals surface area contributed by atoms with E-state index in [2.05, 4.69) is 29.3 Å². The van der Waals surface area contributed by atoms with Crippen LogP contribution in [0, 0.1) is 0 Å². The van der Waals surface area contributed by atoms with Crippen LogP contribution in [0.3, 0.4) is 0 Å². The quantitative estimate of drug-likeness (QED) is 0.590. The summed E-state index contributed by atoms with van der Waals surface area (Å²) < 4.78 is 11.0. The lowest BCUT2D eigenvalue weighted by molar-refractivity contribution is -0.105.